The zero-order valence-corrected chi connectivity index (χ0v) is 11.8. The second kappa shape index (κ2) is 6.13. The van der Waals surface area contributed by atoms with Gasteiger partial charge < -0.3 is 9.84 Å². The lowest BCUT2D eigenvalue weighted by atomic mass is 9.96. The van der Waals surface area contributed by atoms with Crippen molar-refractivity contribution in [1.29, 1.82) is 0 Å². The van der Waals surface area contributed by atoms with E-state index in [4.69, 9.17) is 4.74 Å². The average Bonchev–Trinajstić information content (AvgIpc) is 2.43. The van der Waals surface area contributed by atoms with Crippen molar-refractivity contribution >= 4 is 10.9 Å². The van der Waals surface area contributed by atoms with Crippen LogP contribution < -0.4 is 0 Å². The number of aromatic nitrogens is 1. The predicted octanol–water partition coefficient (Wildman–Crippen LogP) is 3.25. The molecule has 0 saturated heterocycles. The Morgan fingerprint density at radius 2 is 2.05 bits per heavy atom. The highest BCUT2D eigenvalue weighted by molar-refractivity contribution is 5.82. The summed E-state index contributed by atoms with van der Waals surface area (Å²) in [5, 5.41) is 11.5. The minimum absolute atomic E-state index is 0.132. The Balaban J connectivity index is 2.29. The fraction of sp³-hybridized carbons (Fsp3) is 0.438. The van der Waals surface area contributed by atoms with Crippen molar-refractivity contribution in [3.63, 3.8) is 0 Å². The number of methoxy groups -OCH3 is 1. The molecular weight excluding hydrogens is 238 g/mol. The summed E-state index contributed by atoms with van der Waals surface area (Å²) >= 11 is 0. The second-order valence-corrected chi connectivity index (χ2v) is 5.08. The third-order valence-electron chi connectivity index (χ3n) is 3.56. The molecule has 0 radical (unpaired) electrons. The molecule has 2 unspecified atom stereocenters. The number of aryl methyl sites for hydroxylation is 1. The van der Waals surface area contributed by atoms with Gasteiger partial charge in [0.15, 0.2) is 0 Å². The smallest absolute Gasteiger partial charge is 0.0986 e. The Labute approximate surface area is 114 Å². The molecule has 0 aliphatic heterocycles. The fourth-order valence-corrected chi connectivity index (χ4v) is 2.28. The van der Waals surface area contributed by atoms with Crippen LogP contribution in [0.1, 0.15) is 30.7 Å². The molecule has 1 aromatic heterocycles. The van der Waals surface area contributed by atoms with Crippen molar-refractivity contribution in [2.24, 2.45) is 5.92 Å². The minimum atomic E-state index is -0.543. The van der Waals surface area contributed by atoms with Crippen LogP contribution in [0.25, 0.3) is 10.9 Å². The van der Waals surface area contributed by atoms with Crippen LogP contribution in [-0.4, -0.2) is 23.8 Å². The number of nitrogens with zero attached hydrogens (tertiary/aromatic N) is 1. The fourth-order valence-electron chi connectivity index (χ4n) is 2.28. The normalized spacial score (nSPS) is 14.5. The van der Waals surface area contributed by atoms with Gasteiger partial charge in [-0.3, -0.25) is 4.98 Å². The van der Waals surface area contributed by atoms with Crippen LogP contribution in [0, 0.1) is 12.8 Å². The number of rotatable bonds is 5. The summed E-state index contributed by atoms with van der Waals surface area (Å²) in [5.41, 5.74) is 2.84. The molecule has 0 spiro atoms. The van der Waals surface area contributed by atoms with Crippen LogP contribution in [0.2, 0.25) is 0 Å². The van der Waals surface area contributed by atoms with Crippen molar-refractivity contribution in [2.75, 3.05) is 13.7 Å². The molecule has 0 bridgehead atoms. The molecule has 3 nitrogen and oxygen atoms in total. The van der Waals surface area contributed by atoms with Crippen molar-refractivity contribution in [1.82, 2.24) is 4.98 Å². The van der Waals surface area contributed by atoms with E-state index < -0.39 is 6.10 Å². The lowest BCUT2D eigenvalue weighted by molar-refractivity contribution is 0.0857. The highest BCUT2D eigenvalue weighted by atomic mass is 16.5. The van der Waals surface area contributed by atoms with Crippen LogP contribution in [0.15, 0.2) is 30.3 Å². The Kier molecular flexibility index (Phi) is 4.51. The standard InChI is InChI=1S/C16H21NO2/c1-11(8-9-19-3)16(18)15-10-12(2)13-6-4-5-7-14(13)17-15/h4-7,10-11,16,18H,8-9H2,1-3H3. The number of fused-ring (bicyclic) bond motifs is 1. The first-order valence-corrected chi connectivity index (χ1v) is 6.66. The van der Waals surface area contributed by atoms with E-state index in [1.54, 1.807) is 7.11 Å². The molecule has 1 N–H and O–H groups in total. The van der Waals surface area contributed by atoms with Crippen molar-refractivity contribution in [2.45, 2.75) is 26.4 Å². The number of benzene rings is 1. The number of hydrogen-bond donors (Lipinski definition) is 1. The molecule has 102 valence electrons. The molecule has 2 aromatic rings. The highest BCUT2D eigenvalue weighted by Crippen LogP contribution is 2.26. The van der Waals surface area contributed by atoms with Gasteiger partial charge in [-0.15, -0.1) is 0 Å². The van der Waals surface area contributed by atoms with Gasteiger partial charge in [-0.25, -0.2) is 0 Å². The summed E-state index contributed by atoms with van der Waals surface area (Å²) in [6.45, 7) is 4.74. The summed E-state index contributed by atoms with van der Waals surface area (Å²) in [5.74, 6) is 0.132. The van der Waals surface area contributed by atoms with Crippen LogP contribution in [0.5, 0.6) is 0 Å². The van der Waals surface area contributed by atoms with Crippen LogP contribution >= 0.6 is 0 Å². The van der Waals surface area contributed by atoms with Gasteiger partial charge >= 0.3 is 0 Å². The van der Waals surface area contributed by atoms with Gasteiger partial charge in [0.05, 0.1) is 17.3 Å². The number of para-hydroxylation sites is 1. The first-order chi connectivity index (χ1) is 9.13. The highest BCUT2D eigenvalue weighted by Gasteiger charge is 2.18. The average molecular weight is 259 g/mol. The lowest BCUT2D eigenvalue weighted by Gasteiger charge is -2.19. The predicted molar refractivity (Wildman–Crippen MR) is 77.1 cm³/mol. The number of ether oxygens (including phenoxy) is 1. The van der Waals surface area contributed by atoms with E-state index in [0.29, 0.717) is 6.61 Å². The molecule has 1 aromatic carbocycles. The molecule has 2 atom stereocenters. The van der Waals surface area contributed by atoms with E-state index in [2.05, 4.69) is 18.0 Å². The third-order valence-corrected chi connectivity index (χ3v) is 3.56. The maximum Gasteiger partial charge on any atom is 0.0986 e. The summed E-state index contributed by atoms with van der Waals surface area (Å²) < 4.78 is 5.06. The molecule has 0 saturated carbocycles. The number of hydrogen-bond acceptors (Lipinski definition) is 3. The molecule has 0 fully saturated rings. The van der Waals surface area contributed by atoms with E-state index in [1.165, 1.54) is 0 Å². The quantitative estimate of drug-likeness (QED) is 0.896. The largest absolute Gasteiger partial charge is 0.387 e. The van der Waals surface area contributed by atoms with Crippen LogP contribution in [0.4, 0.5) is 0 Å². The molecule has 2 rings (SSSR count). The molecule has 0 aliphatic carbocycles. The number of aliphatic hydroxyl groups excluding tert-OH is 1. The van der Waals surface area contributed by atoms with E-state index in [9.17, 15) is 5.11 Å². The number of pyridine rings is 1. The molecule has 19 heavy (non-hydrogen) atoms. The topological polar surface area (TPSA) is 42.4 Å². The van der Waals surface area contributed by atoms with E-state index in [0.717, 1.165) is 28.6 Å². The van der Waals surface area contributed by atoms with Gasteiger partial charge in [0.2, 0.25) is 0 Å². The van der Waals surface area contributed by atoms with Crippen LogP contribution in [-0.2, 0) is 4.74 Å². The minimum Gasteiger partial charge on any atom is -0.387 e. The maximum absolute atomic E-state index is 10.4. The molecule has 1 heterocycles. The maximum atomic E-state index is 10.4. The summed E-state index contributed by atoms with van der Waals surface area (Å²) in [4.78, 5) is 4.57. The van der Waals surface area contributed by atoms with E-state index in [-0.39, 0.29) is 5.92 Å². The Bertz CT molecular complexity index is 553. The molecule has 0 aliphatic rings. The monoisotopic (exact) mass is 259 g/mol. The van der Waals surface area contributed by atoms with Gasteiger partial charge in [0.25, 0.3) is 0 Å². The SMILES string of the molecule is COCCC(C)C(O)c1cc(C)c2ccccc2n1. The summed E-state index contributed by atoms with van der Waals surface area (Å²) in [7, 11) is 1.68. The lowest BCUT2D eigenvalue weighted by Crippen LogP contribution is -2.13. The molecule has 3 heteroatoms. The van der Waals surface area contributed by atoms with Gasteiger partial charge in [-0.2, -0.15) is 0 Å². The Morgan fingerprint density at radius 3 is 2.79 bits per heavy atom. The first kappa shape index (κ1) is 14.0. The van der Waals surface area contributed by atoms with Gasteiger partial charge in [-0.1, -0.05) is 25.1 Å². The van der Waals surface area contributed by atoms with Gasteiger partial charge in [-0.05, 0) is 37.0 Å². The zero-order valence-electron chi connectivity index (χ0n) is 11.8. The van der Waals surface area contributed by atoms with E-state index >= 15 is 0 Å². The Hall–Kier alpha value is -1.45. The first-order valence-electron chi connectivity index (χ1n) is 6.66. The summed E-state index contributed by atoms with van der Waals surface area (Å²) in [6.07, 6.45) is 0.282. The Morgan fingerprint density at radius 1 is 1.32 bits per heavy atom. The van der Waals surface area contributed by atoms with E-state index in [1.807, 2.05) is 31.2 Å². The van der Waals surface area contributed by atoms with Crippen molar-refractivity contribution < 1.29 is 9.84 Å². The summed E-state index contributed by atoms with van der Waals surface area (Å²) in [6, 6.07) is 10.0. The third kappa shape index (κ3) is 3.11. The van der Waals surface area contributed by atoms with Crippen LogP contribution in [0.3, 0.4) is 0 Å². The van der Waals surface area contributed by atoms with Crippen molar-refractivity contribution in [3.05, 3.63) is 41.6 Å². The number of aliphatic hydroxyl groups is 1. The second-order valence-electron chi connectivity index (χ2n) is 5.08. The van der Waals surface area contributed by atoms with Gasteiger partial charge in [0.1, 0.15) is 0 Å². The molecule has 0 amide bonds. The van der Waals surface area contributed by atoms with Gasteiger partial charge in [0, 0.05) is 19.1 Å². The molecular formula is C16H21NO2. The zero-order chi connectivity index (χ0) is 13.8. The van der Waals surface area contributed by atoms with Crippen molar-refractivity contribution in [3.8, 4) is 0 Å².